The molecule has 1 unspecified atom stereocenters. The number of ether oxygens (including phenoxy) is 1. The zero-order valence-electron chi connectivity index (χ0n) is 13.0. The summed E-state index contributed by atoms with van der Waals surface area (Å²) < 4.78 is 5.64. The fraction of sp³-hybridized carbons (Fsp3) is 0.588. The summed E-state index contributed by atoms with van der Waals surface area (Å²) in [6, 6.07) is 5.98. The summed E-state index contributed by atoms with van der Waals surface area (Å²) in [5, 5.41) is 9.02. The van der Waals surface area contributed by atoms with Crippen LogP contribution in [0.3, 0.4) is 0 Å². The van der Waals surface area contributed by atoms with Gasteiger partial charge in [-0.15, -0.1) is 0 Å². The van der Waals surface area contributed by atoms with Crippen molar-refractivity contribution >= 4 is 5.91 Å². The molecule has 1 saturated heterocycles. The van der Waals surface area contributed by atoms with Crippen LogP contribution in [0.25, 0.3) is 0 Å². The van der Waals surface area contributed by atoms with Gasteiger partial charge in [0.25, 0.3) is 5.91 Å². The maximum atomic E-state index is 12.2. The molecule has 0 spiro atoms. The Hall–Kier alpha value is -1.55. The third-order valence-electron chi connectivity index (χ3n) is 3.97. The number of aryl methyl sites for hydroxylation is 2. The second-order valence-corrected chi connectivity index (χ2v) is 5.97. The molecule has 0 aromatic heterocycles. The third kappa shape index (κ3) is 4.74. The Bertz CT molecular complexity index is 465. The van der Waals surface area contributed by atoms with Gasteiger partial charge in [0, 0.05) is 19.7 Å². The number of rotatable bonds is 5. The van der Waals surface area contributed by atoms with Crippen molar-refractivity contribution in [3.8, 4) is 5.75 Å². The van der Waals surface area contributed by atoms with E-state index in [1.807, 2.05) is 30.9 Å². The summed E-state index contributed by atoms with van der Waals surface area (Å²) >= 11 is 0. The summed E-state index contributed by atoms with van der Waals surface area (Å²) in [6.45, 7) is 5.88. The number of hydrogen-bond acceptors (Lipinski definition) is 3. The fourth-order valence-corrected chi connectivity index (χ4v) is 2.96. The number of hydrogen-bond donors (Lipinski definition) is 1. The number of aliphatic hydroxyl groups excluding tert-OH is 1. The first kappa shape index (κ1) is 15.8. The van der Waals surface area contributed by atoms with E-state index in [0.29, 0.717) is 5.92 Å². The molecule has 21 heavy (non-hydrogen) atoms. The number of carbonyl (C=O) groups excluding carboxylic acids is 1. The molecule has 1 aromatic rings. The van der Waals surface area contributed by atoms with E-state index in [0.717, 1.165) is 49.2 Å². The molecule has 1 aliphatic rings. The first-order chi connectivity index (χ1) is 10.1. The Labute approximate surface area is 126 Å². The lowest BCUT2D eigenvalue weighted by Gasteiger charge is -2.32. The van der Waals surface area contributed by atoms with Crippen molar-refractivity contribution in [2.24, 2.45) is 5.92 Å². The molecule has 1 fully saturated rings. The number of amides is 1. The third-order valence-corrected chi connectivity index (χ3v) is 3.97. The minimum Gasteiger partial charge on any atom is -0.484 e. The summed E-state index contributed by atoms with van der Waals surface area (Å²) in [6.07, 6.45) is 2.89. The van der Waals surface area contributed by atoms with E-state index >= 15 is 0 Å². The molecule has 4 nitrogen and oxygen atoms in total. The van der Waals surface area contributed by atoms with E-state index in [1.54, 1.807) is 0 Å². The normalized spacial score (nSPS) is 18.6. The van der Waals surface area contributed by atoms with E-state index < -0.39 is 0 Å². The van der Waals surface area contributed by atoms with E-state index in [4.69, 9.17) is 9.84 Å². The number of nitrogens with zero attached hydrogens (tertiary/aromatic N) is 1. The van der Waals surface area contributed by atoms with Gasteiger partial charge in [0.05, 0.1) is 0 Å². The van der Waals surface area contributed by atoms with Crippen LogP contribution in [-0.2, 0) is 4.79 Å². The first-order valence-electron chi connectivity index (χ1n) is 7.68. The average Bonchev–Trinajstić information content (AvgIpc) is 2.44. The fourth-order valence-electron chi connectivity index (χ4n) is 2.96. The molecular formula is C17H25NO3. The Morgan fingerprint density at radius 1 is 1.33 bits per heavy atom. The molecule has 4 heteroatoms. The second-order valence-electron chi connectivity index (χ2n) is 5.97. The molecule has 1 N–H and O–H groups in total. The van der Waals surface area contributed by atoms with Gasteiger partial charge in [-0.1, -0.05) is 6.07 Å². The van der Waals surface area contributed by atoms with Crippen molar-refractivity contribution in [3.05, 3.63) is 29.3 Å². The van der Waals surface area contributed by atoms with Crippen LogP contribution in [0, 0.1) is 19.8 Å². The molecule has 1 heterocycles. The topological polar surface area (TPSA) is 49.8 Å². The number of likely N-dealkylation sites (tertiary alicyclic amines) is 1. The van der Waals surface area contributed by atoms with Gasteiger partial charge in [0.2, 0.25) is 0 Å². The molecule has 116 valence electrons. The molecule has 0 radical (unpaired) electrons. The van der Waals surface area contributed by atoms with Gasteiger partial charge in [-0.05, 0) is 62.3 Å². The maximum Gasteiger partial charge on any atom is 0.260 e. The minimum absolute atomic E-state index is 0.0387. The molecule has 0 aliphatic carbocycles. The Kier molecular flexibility index (Phi) is 5.62. The van der Waals surface area contributed by atoms with Crippen molar-refractivity contribution in [2.75, 3.05) is 26.3 Å². The highest BCUT2D eigenvalue weighted by Gasteiger charge is 2.23. The van der Waals surface area contributed by atoms with Gasteiger partial charge in [-0.25, -0.2) is 0 Å². The molecule has 1 amide bonds. The van der Waals surface area contributed by atoms with Gasteiger partial charge in [0.15, 0.2) is 6.61 Å². The molecule has 2 rings (SSSR count). The highest BCUT2D eigenvalue weighted by atomic mass is 16.5. The Balaban J connectivity index is 1.86. The van der Waals surface area contributed by atoms with Crippen LogP contribution in [0.2, 0.25) is 0 Å². The monoisotopic (exact) mass is 291 g/mol. The number of benzene rings is 1. The van der Waals surface area contributed by atoms with Crippen LogP contribution in [0.5, 0.6) is 5.75 Å². The van der Waals surface area contributed by atoms with Crippen LogP contribution >= 0.6 is 0 Å². The van der Waals surface area contributed by atoms with E-state index in [1.165, 1.54) is 0 Å². The predicted octanol–water partition coefficient (Wildman–Crippen LogP) is 2.30. The van der Waals surface area contributed by atoms with Crippen molar-refractivity contribution in [2.45, 2.75) is 33.1 Å². The Morgan fingerprint density at radius 3 is 2.71 bits per heavy atom. The quantitative estimate of drug-likeness (QED) is 0.905. The summed E-state index contributed by atoms with van der Waals surface area (Å²) in [5.41, 5.74) is 2.27. The lowest BCUT2D eigenvalue weighted by atomic mass is 9.95. The molecule has 0 bridgehead atoms. The van der Waals surface area contributed by atoms with E-state index in [2.05, 4.69) is 6.07 Å². The standard InChI is InChI=1S/C17H25NO3/c1-13-8-14(2)10-16(9-13)21-12-17(20)18-6-3-4-15(11-18)5-7-19/h8-10,15,19H,3-7,11-12H2,1-2H3. The summed E-state index contributed by atoms with van der Waals surface area (Å²) in [7, 11) is 0. The maximum absolute atomic E-state index is 12.2. The molecule has 1 atom stereocenters. The van der Waals surface area contributed by atoms with Crippen LogP contribution in [0.1, 0.15) is 30.4 Å². The van der Waals surface area contributed by atoms with Gasteiger partial charge >= 0.3 is 0 Å². The van der Waals surface area contributed by atoms with Crippen LogP contribution in [0.15, 0.2) is 18.2 Å². The zero-order valence-corrected chi connectivity index (χ0v) is 13.0. The van der Waals surface area contributed by atoms with Gasteiger partial charge < -0.3 is 14.7 Å². The number of carbonyl (C=O) groups is 1. The SMILES string of the molecule is Cc1cc(C)cc(OCC(=O)N2CCCC(CCO)C2)c1. The van der Waals surface area contributed by atoms with E-state index in [-0.39, 0.29) is 19.1 Å². The first-order valence-corrected chi connectivity index (χ1v) is 7.68. The van der Waals surface area contributed by atoms with Crippen LogP contribution in [-0.4, -0.2) is 42.2 Å². The zero-order chi connectivity index (χ0) is 15.2. The van der Waals surface area contributed by atoms with Gasteiger partial charge in [0.1, 0.15) is 5.75 Å². The largest absolute Gasteiger partial charge is 0.484 e. The summed E-state index contributed by atoms with van der Waals surface area (Å²) in [4.78, 5) is 14.1. The van der Waals surface area contributed by atoms with Crippen molar-refractivity contribution in [1.82, 2.24) is 4.90 Å². The Morgan fingerprint density at radius 2 is 2.05 bits per heavy atom. The highest BCUT2D eigenvalue weighted by molar-refractivity contribution is 5.77. The van der Waals surface area contributed by atoms with Crippen LogP contribution < -0.4 is 4.74 Å². The van der Waals surface area contributed by atoms with Crippen molar-refractivity contribution in [3.63, 3.8) is 0 Å². The second kappa shape index (κ2) is 7.46. The number of aliphatic hydroxyl groups is 1. The highest BCUT2D eigenvalue weighted by Crippen LogP contribution is 2.20. The predicted molar refractivity (Wildman–Crippen MR) is 82.4 cm³/mol. The van der Waals surface area contributed by atoms with Gasteiger partial charge in [-0.2, -0.15) is 0 Å². The molecule has 1 aliphatic heterocycles. The summed E-state index contributed by atoms with van der Waals surface area (Å²) in [5.74, 6) is 1.22. The minimum atomic E-state index is 0.0387. The van der Waals surface area contributed by atoms with Gasteiger partial charge in [-0.3, -0.25) is 4.79 Å². The lowest BCUT2D eigenvalue weighted by molar-refractivity contribution is -0.135. The molecule has 0 saturated carbocycles. The van der Waals surface area contributed by atoms with E-state index in [9.17, 15) is 4.79 Å². The van der Waals surface area contributed by atoms with Crippen LogP contribution in [0.4, 0.5) is 0 Å². The number of piperidine rings is 1. The van der Waals surface area contributed by atoms with Crippen molar-refractivity contribution in [1.29, 1.82) is 0 Å². The average molecular weight is 291 g/mol. The molecular weight excluding hydrogens is 266 g/mol. The molecule has 1 aromatic carbocycles. The lowest BCUT2D eigenvalue weighted by Crippen LogP contribution is -2.42. The smallest absolute Gasteiger partial charge is 0.260 e. The van der Waals surface area contributed by atoms with Crippen molar-refractivity contribution < 1.29 is 14.6 Å².